The minimum absolute atomic E-state index is 0.0709. The predicted molar refractivity (Wildman–Crippen MR) is 90.8 cm³/mol. The minimum Gasteiger partial charge on any atom is -0.338 e. The lowest BCUT2D eigenvalue weighted by Crippen LogP contribution is -2.38. The topological polar surface area (TPSA) is 81.9 Å². The highest BCUT2D eigenvalue weighted by Gasteiger charge is 2.22. The molecule has 1 fully saturated rings. The summed E-state index contributed by atoms with van der Waals surface area (Å²) in [5.74, 6) is 1.10. The fourth-order valence-corrected chi connectivity index (χ4v) is 2.70. The number of nitriles is 1. The number of para-hydroxylation sites is 1. The van der Waals surface area contributed by atoms with Gasteiger partial charge in [-0.15, -0.1) is 0 Å². The van der Waals surface area contributed by atoms with Crippen LogP contribution >= 0.6 is 0 Å². The van der Waals surface area contributed by atoms with E-state index in [-0.39, 0.29) is 5.91 Å². The molecule has 0 bridgehead atoms. The summed E-state index contributed by atoms with van der Waals surface area (Å²) in [6, 6.07) is 9.29. The zero-order valence-corrected chi connectivity index (χ0v) is 13.6. The number of likely N-dealkylation sites (tertiary alicyclic amines) is 1. The van der Waals surface area contributed by atoms with Crippen molar-refractivity contribution in [2.45, 2.75) is 19.8 Å². The molecule has 2 heterocycles. The van der Waals surface area contributed by atoms with Crippen molar-refractivity contribution in [3.8, 4) is 6.07 Å². The number of nitrogens with zero attached hydrogens (tertiary/aromatic N) is 4. The number of benzene rings is 1. The Hall–Kier alpha value is -2.94. The van der Waals surface area contributed by atoms with Crippen LogP contribution in [0.2, 0.25) is 0 Å². The Morgan fingerprint density at radius 2 is 2.00 bits per heavy atom. The predicted octanol–water partition coefficient (Wildman–Crippen LogP) is 2.96. The maximum Gasteiger partial charge on any atom is 0.274 e. The first kappa shape index (κ1) is 15.9. The third kappa shape index (κ3) is 3.51. The van der Waals surface area contributed by atoms with Crippen LogP contribution in [0.5, 0.6) is 0 Å². The number of hydrogen-bond donors (Lipinski definition) is 1. The van der Waals surface area contributed by atoms with Gasteiger partial charge in [0.05, 0.1) is 23.6 Å². The van der Waals surface area contributed by atoms with Gasteiger partial charge in [0.1, 0.15) is 17.6 Å². The fourth-order valence-electron chi connectivity index (χ4n) is 2.70. The van der Waals surface area contributed by atoms with Crippen molar-refractivity contribution in [2.24, 2.45) is 5.92 Å². The van der Waals surface area contributed by atoms with Gasteiger partial charge in [-0.25, -0.2) is 9.97 Å². The molecule has 0 radical (unpaired) electrons. The molecule has 0 saturated carbocycles. The number of hydrogen-bond acceptors (Lipinski definition) is 5. The summed E-state index contributed by atoms with van der Waals surface area (Å²) in [6.07, 6.45) is 5.07. The molecule has 1 aromatic carbocycles. The number of rotatable bonds is 3. The Bertz CT molecular complexity index is 758. The second kappa shape index (κ2) is 7.09. The molecule has 0 unspecified atom stereocenters. The van der Waals surface area contributed by atoms with Crippen molar-refractivity contribution in [1.82, 2.24) is 14.9 Å². The van der Waals surface area contributed by atoms with Gasteiger partial charge in [0.25, 0.3) is 5.91 Å². The first-order valence-corrected chi connectivity index (χ1v) is 8.05. The molecule has 6 nitrogen and oxygen atoms in total. The molecule has 0 spiro atoms. The van der Waals surface area contributed by atoms with Crippen molar-refractivity contribution in [1.29, 1.82) is 5.26 Å². The molecule has 1 N–H and O–H groups in total. The first-order valence-electron chi connectivity index (χ1n) is 8.05. The number of nitrogens with one attached hydrogen (secondary N) is 1. The van der Waals surface area contributed by atoms with Crippen molar-refractivity contribution < 1.29 is 4.79 Å². The second-order valence-corrected chi connectivity index (χ2v) is 6.04. The Morgan fingerprint density at radius 1 is 1.25 bits per heavy atom. The van der Waals surface area contributed by atoms with Gasteiger partial charge in [-0.05, 0) is 30.9 Å². The molecule has 1 amide bonds. The second-order valence-electron chi connectivity index (χ2n) is 6.04. The van der Waals surface area contributed by atoms with Gasteiger partial charge in [-0.3, -0.25) is 4.79 Å². The highest BCUT2D eigenvalue weighted by Crippen LogP contribution is 2.20. The molecule has 2 aromatic rings. The summed E-state index contributed by atoms with van der Waals surface area (Å²) in [6.45, 7) is 3.76. The van der Waals surface area contributed by atoms with E-state index in [9.17, 15) is 4.79 Å². The van der Waals surface area contributed by atoms with Crippen LogP contribution in [0, 0.1) is 17.2 Å². The number of amides is 1. The van der Waals surface area contributed by atoms with E-state index in [1.165, 1.54) is 12.4 Å². The van der Waals surface area contributed by atoms with E-state index in [1.807, 2.05) is 11.0 Å². The molecule has 6 heteroatoms. The molecule has 3 rings (SSSR count). The monoisotopic (exact) mass is 321 g/mol. The van der Waals surface area contributed by atoms with Crippen LogP contribution < -0.4 is 5.32 Å². The fraction of sp³-hybridized carbons (Fsp3) is 0.333. The van der Waals surface area contributed by atoms with Crippen LogP contribution in [0.15, 0.2) is 36.7 Å². The molecule has 24 heavy (non-hydrogen) atoms. The smallest absolute Gasteiger partial charge is 0.274 e. The molecular formula is C18H19N5O. The molecule has 1 aliphatic heterocycles. The summed E-state index contributed by atoms with van der Waals surface area (Å²) >= 11 is 0. The van der Waals surface area contributed by atoms with Crippen molar-refractivity contribution in [3.05, 3.63) is 47.9 Å². The standard InChI is InChI=1S/C18H19N5O/c1-13-6-8-23(9-7-13)18(24)16-11-21-17(12-20-16)22-15-5-3-2-4-14(15)10-19/h2-5,11-13H,6-9H2,1H3,(H,21,22). The highest BCUT2D eigenvalue weighted by molar-refractivity contribution is 5.92. The summed E-state index contributed by atoms with van der Waals surface area (Å²) < 4.78 is 0. The van der Waals surface area contributed by atoms with Crippen molar-refractivity contribution in [2.75, 3.05) is 18.4 Å². The SMILES string of the molecule is CC1CCN(C(=O)c2cnc(Nc3ccccc3C#N)cn2)CC1. The molecule has 1 aromatic heterocycles. The van der Waals surface area contributed by atoms with Gasteiger partial charge < -0.3 is 10.2 Å². The highest BCUT2D eigenvalue weighted by atomic mass is 16.2. The average Bonchev–Trinajstić information content (AvgIpc) is 2.63. The summed E-state index contributed by atoms with van der Waals surface area (Å²) in [5.41, 5.74) is 1.55. The Kier molecular flexibility index (Phi) is 4.71. The van der Waals surface area contributed by atoms with E-state index in [1.54, 1.807) is 18.2 Å². The molecule has 0 atom stereocenters. The zero-order valence-electron chi connectivity index (χ0n) is 13.6. The number of carbonyl (C=O) groups excluding carboxylic acids is 1. The lowest BCUT2D eigenvalue weighted by molar-refractivity contribution is 0.0691. The van der Waals surface area contributed by atoms with Gasteiger partial charge in [-0.1, -0.05) is 19.1 Å². The van der Waals surface area contributed by atoms with E-state index in [2.05, 4.69) is 28.3 Å². The Morgan fingerprint density at radius 3 is 2.67 bits per heavy atom. The number of anilines is 2. The molecule has 122 valence electrons. The Balaban J connectivity index is 1.69. The maximum absolute atomic E-state index is 12.4. The van der Waals surface area contributed by atoms with Crippen LogP contribution in [0.4, 0.5) is 11.5 Å². The maximum atomic E-state index is 12.4. The van der Waals surface area contributed by atoms with Gasteiger partial charge in [0.2, 0.25) is 0 Å². The molecule has 0 aliphatic carbocycles. The van der Waals surface area contributed by atoms with Crippen molar-refractivity contribution in [3.63, 3.8) is 0 Å². The van der Waals surface area contributed by atoms with Gasteiger partial charge in [-0.2, -0.15) is 5.26 Å². The average molecular weight is 321 g/mol. The van der Waals surface area contributed by atoms with E-state index in [4.69, 9.17) is 5.26 Å². The van der Waals surface area contributed by atoms with Gasteiger partial charge in [0, 0.05) is 13.1 Å². The van der Waals surface area contributed by atoms with Crippen molar-refractivity contribution >= 4 is 17.4 Å². The van der Waals surface area contributed by atoms with Crippen LogP contribution in [0.25, 0.3) is 0 Å². The van der Waals surface area contributed by atoms with Crippen LogP contribution in [-0.2, 0) is 0 Å². The number of carbonyl (C=O) groups is 1. The largest absolute Gasteiger partial charge is 0.338 e. The van der Waals surface area contributed by atoms with Crippen LogP contribution in [0.3, 0.4) is 0 Å². The lowest BCUT2D eigenvalue weighted by atomic mass is 9.99. The lowest BCUT2D eigenvalue weighted by Gasteiger charge is -2.29. The minimum atomic E-state index is -0.0709. The van der Waals surface area contributed by atoms with E-state index >= 15 is 0 Å². The van der Waals surface area contributed by atoms with Gasteiger partial charge >= 0.3 is 0 Å². The summed E-state index contributed by atoms with van der Waals surface area (Å²) in [5, 5.41) is 12.2. The molecule has 1 aliphatic rings. The Labute approximate surface area is 141 Å². The zero-order chi connectivity index (χ0) is 16.9. The first-order chi connectivity index (χ1) is 11.7. The summed E-state index contributed by atoms with van der Waals surface area (Å²) in [4.78, 5) is 22.7. The van der Waals surface area contributed by atoms with E-state index < -0.39 is 0 Å². The number of aromatic nitrogens is 2. The third-order valence-electron chi connectivity index (χ3n) is 4.25. The van der Waals surface area contributed by atoms with Crippen LogP contribution in [-0.4, -0.2) is 33.9 Å². The third-order valence-corrected chi connectivity index (χ3v) is 4.25. The van der Waals surface area contributed by atoms with E-state index in [0.717, 1.165) is 25.9 Å². The normalized spacial score (nSPS) is 14.9. The van der Waals surface area contributed by atoms with E-state index in [0.29, 0.717) is 28.7 Å². The van der Waals surface area contributed by atoms with Gasteiger partial charge in [0.15, 0.2) is 0 Å². The number of piperidine rings is 1. The molecular weight excluding hydrogens is 302 g/mol. The quantitative estimate of drug-likeness (QED) is 0.940. The summed E-state index contributed by atoms with van der Waals surface area (Å²) in [7, 11) is 0. The van der Waals surface area contributed by atoms with Crippen LogP contribution in [0.1, 0.15) is 35.8 Å². The molecule has 1 saturated heterocycles.